The lowest BCUT2D eigenvalue weighted by Gasteiger charge is -2.13. The van der Waals surface area contributed by atoms with Crippen molar-refractivity contribution in [2.75, 3.05) is 11.9 Å². The van der Waals surface area contributed by atoms with Gasteiger partial charge in [-0.3, -0.25) is 4.79 Å². The molecule has 106 valence electrons. The molecule has 0 heterocycles. The minimum atomic E-state index is -1.62. The zero-order valence-corrected chi connectivity index (χ0v) is 10.5. The van der Waals surface area contributed by atoms with E-state index in [1.807, 2.05) is 12.2 Å². The molecule has 1 amide bonds. The zero-order valence-electron chi connectivity index (χ0n) is 10.5. The van der Waals surface area contributed by atoms with Crippen LogP contribution >= 0.6 is 0 Å². The molecule has 19 heavy (non-hydrogen) atoms. The van der Waals surface area contributed by atoms with E-state index in [-0.39, 0.29) is 18.5 Å². The highest BCUT2D eigenvalue weighted by Gasteiger charge is 2.21. The largest absolute Gasteiger partial charge is 0.321 e. The molecule has 1 aromatic carbocycles. The van der Waals surface area contributed by atoms with E-state index in [1.54, 1.807) is 6.92 Å². The van der Waals surface area contributed by atoms with Gasteiger partial charge >= 0.3 is 0 Å². The molecule has 0 spiro atoms. The van der Waals surface area contributed by atoms with Gasteiger partial charge in [0.25, 0.3) is 0 Å². The Morgan fingerprint density at radius 2 is 1.74 bits per heavy atom. The topological polar surface area (TPSA) is 41.1 Å². The lowest BCUT2D eigenvalue weighted by Crippen LogP contribution is -2.30. The summed E-state index contributed by atoms with van der Waals surface area (Å²) in [5, 5.41) is 4.76. The number of hydrogen-bond acceptors (Lipinski definition) is 2. The lowest BCUT2D eigenvalue weighted by atomic mass is 10.2. The average Bonchev–Trinajstić information content (AvgIpc) is 2.32. The number of amides is 1. The molecule has 0 saturated heterocycles. The molecule has 0 fully saturated rings. The Bertz CT molecular complexity index is 453. The van der Waals surface area contributed by atoms with Crippen LogP contribution < -0.4 is 10.6 Å². The number of rotatable bonds is 5. The van der Waals surface area contributed by atoms with Crippen molar-refractivity contribution in [1.82, 2.24) is 5.32 Å². The first-order valence-electron chi connectivity index (χ1n) is 5.73. The summed E-state index contributed by atoms with van der Waals surface area (Å²) in [6.45, 7) is 4.14. The van der Waals surface area contributed by atoms with Crippen molar-refractivity contribution in [2.24, 2.45) is 0 Å². The highest BCUT2D eigenvalue weighted by atomic mass is 19.2. The summed E-state index contributed by atoms with van der Waals surface area (Å²) in [5.41, 5.74) is -1.11. The van der Waals surface area contributed by atoms with Crippen molar-refractivity contribution in [2.45, 2.75) is 26.3 Å². The van der Waals surface area contributed by atoms with E-state index in [0.29, 0.717) is 6.54 Å². The average molecular weight is 278 g/mol. The molecule has 1 rings (SSSR count). The fourth-order valence-electron chi connectivity index (χ4n) is 1.57. The molecule has 7 heteroatoms. The minimum absolute atomic E-state index is 0.0785. The standard InChI is InChI=1S/C12H14F4N2O/c1-3-17-6(2)4-9(19)18-12-10(15)7(13)5-8(14)11(12)16/h5-6,17H,3-4H2,1-2H3,(H,18,19). The van der Waals surface area contributed by atoms with E-state index in [2.05, 4.69) is 5.32 Å². The van der Waals surface area contributed by atoms with Gasteiger partial charge in [0.05, 0.1) is 0 Å². The number of nitrogens with one attached hydrogen (secondary N) is 2. The Hall–Kier alpha value is -1.63. The fourth-order valence-corrected chi connectivity index (χ4v) is 1.57. The van der Waals surface area contributed by atoms with Gasteiger partial charge in [-0.2, -0.15) is 0 Å². The van der Waals surface area contributed by atoms with E-state index >= 15 is 0 Å². The van der Waals surface area contributed by atoms with Crippen LogP contribution in [0.15, 0.2) is 6.07 Å². The third kappa shape index (κ3) is 3.92. The minimum Gasteiger partial charge on any atom is -0.321 e. The third-order valence-corrected chi connectivity index (χ3v) is 2.42. The molecule has 0 aromatic heterocycles. The predicted molar refractivity (Wildman–Crippen MR) is 62.7 cm³/mol. The second-order valence-electron chi connectivity index (χ2n) is 4.05. The number of hydrogen-bond donors (Lipinski definition) is 2. The van der Waals surface area contributed by atoms with Crippen molar-refractivity contribution in [3.63, 3.8) is 0 Å². The number of halogens is 4. The van der Waals surface area contributed by atoms with Crippen LogP contribution in [-0.4, -0.2) is 18.5 Å². The first-order valence-corrected chi connectivity index (χ1v) is 5.73. The zero-order chi connectivity index (χ0) is 14.6. The SMILES string of the molecule is CCNC(C)CC(=O)Nc1c(F)c(F)cc(F)c1F. The Labute approximate surface area is 108 Å². The summed E-state index contributed by atoms with van der Waals surface area (Å²) in [6.07, 6.45) is -0.0785. The van der Waals surface area contributed by atoms with Crippen LogP contribution in [0.1, 0.15) is 20.3 Å². The maximum atomic E-state index is 13.3. The Morgan fingerprint density at radius 1 is 1.21 bits per heavy atom. The van der Waals surface area contributed by atoms with E-state index in [0.717, 1.165) is 0 Å². The Kier molecular flexibility index (Phi) is 5.29. The number of carbonyl (C=O) groups is 1. The summed E-state index contributed by atoms with van der Waals surface area (Å²) >= 11 is 0. The normalized spacial score (nSPS) is 12.3. The number of anilines is 1. The van der Waals surface area contributed by atoms with Gasteiger partial charge in [0.15, 0.2) is 23.3 Å². The van der Waals surface area contributed by atoms with E-state index in [9.17, 15) is 22.4 Å². The molecule has 0 radical (unpaired) electrons. The van der Waals surface area contributed by atoms with E-state index < -0.39 is 34.9 Å². The summed E-state index contributed by atoms with van der Waals surface area (Å²) in [4.78, 5) is 11.5. The van der Waals surface area contributed by atoms with Gasteiger partial charge in [0.2, 0.25) is 5.91 Å². The molecule has 0 aliphatic rings. The van der Waals surface area contributed by atoms with E-state index in [4.69, 9.17) is 0 Å². The van der Waals surface area contributed by atoms with Gasteiger partial charge in [0, 0.05) is 18.5 Å². The summed E-state index contributed by atoms with van der Waals surface area (Å²) in [5.74, 6) is -7.11. The quantitative estimate of drug-likeness (QED) is 0.642. The monoisotopic (exact) mass is 278 g/mol. The van der Waals surface area contributed by atoms with Crippen LogP contribution in [0.25, 0.3) is 0 Å². The summed E-state index contributed by atoms with van der Waals surface area (Å²) in [7, 11) is 0. The lowest BCUT2D eigenvalue weighted by molar-refractivity contribution is -0.116. The van der Waals surface area contributed by atoms with Crippen LogP contribution in [0, 0.1) is 23.3 Å². The molecule has 0 aliphatic carbocycles. The first kappa shape index (κ1) is 15.4. The smallest absolute Gasteiger partial charge is 0.226 e. The molecule has 0 saturated carbocycles. The van der Waals surface area contributed by atoms with E-state index in [1.165, 1.54) is 0 Å². The summed E-state index contributed by atoms with van der Waals surface area (Å²) in [6, 6.07) is -0.142. The van der Waals surface area contributed by atoms with Crippen molar-refractivity contribution >= 4 is 11.6 Å². The molecule has 3 nitrogen and oxygen atoms in total. The van der Waals surface area contributed by atoms with Crippen molar-refractivity contribution < 1.29 is 22.4 Å². The molecule has 2 N–H and O–H groups in total. The van der Waals surface area contributed by atoms with Crippen LogP contribution in [0.2, 0.25) is 0 Å². The van der Waals surface area contributed by atoms with Gasteiger partial charge in [0.1, 0.15) is 5.69 Å². The fraction of sp³-hybridized carbons (Fsp3) is 0.417. The van der Waals surface area contributed by atoms with Crippen molar-refractivity contribution in [3.05, 3.63) is 29.3 Å². The van der Waals surface area contributed by atoms with Crippen LogP contribution in [0.3, 0.4) is 0 Å². The maximum Gasteiger partial charge on any atom is 0.226 e. The molecule has 1 aromatic rings. The second kappa shape index (κ2) is 6.51. The second-order valence-corrected chi connectivity index (χ2v) is 4.05. The van der Waals surface area contributed by atoms with Crippen LogP contribution in [-0.2, 0) is 4.79 Å². The first-order chi connectivity index (χ1) is 8.86. The van der Waals surface area contributed by atoms with Gasteiger partial charge in [-0.15, -0.1) is 0 Å². The predicted octanol–water partition coefficient (Wildman–Crippen LogP) is 2.57. The molecule has 0 bridgehead atoms. The van der Waals surface area contributed by atoms with Crippen LogP contribution in [0.5, 0.6) is 0 Å². The maximum absolute atomic E-state index is 13.3. The molecular weight excluding hydrogens is 264 g/mol. The highest BCUT2D eigenvalue weighted by Crippen LogP contribution is 2.24. The number of carbonyl (C=O) groups excluding carboxylic acids is 1. The van der Waals surface area contributed by atoms with Crippen molar-refractivity contribution in [1.29, 1.82) is 0 Å². The Morgan fingerprint density at radius 3 is 2.21 bits per heavy atom. The Balaban J connectivity index is 2.85. The molecular formula is C12H14F4N2O. The van der Waals surface area contributed by atoms with Gasteiger partial charge < -0.3 is 10.6 Å². The molecule has 1 atom stereocenters. The summed E-state index contributed by atoms with van der Waals surface area (Å²) < 4.78 is 52.4. The molecule has 1 unspecified atom stereocenters. The van der Waals surface area contributed by atoms with Crippen molar-refractivity contribution in [3.8, 4) is 0 Å². The van der Waals surface area contributed by atoms with Crippen LogP contribution in [0.4, 0.5) is 23.2 Å². The number of benzene rings is 1. The third-order valence-electron chi connectivity index (χ3n) is 2.42. The van der Waals surface area contributed by atoms with Gasteiger partial charge in [-0.05, 0) is 13.5 Å². The van der Waals surface area contributed by atoms with Gasteiger partial charge in [-0.1, -0.05) is 6.92 Å². The highest BCUT2D eigenvalue weighted by molar-refractivity contribution is 5.91. The molecule has 0 aliphatic heterocycles. The van der Waals surface area contributed by atoms with Gasteiger partial charge in [-0.25, -0.2) is 17.6 Å².